The summed E-state index contributed by atoms with van der Waals surface area (Å²) in [4.78, 5) is 12.0. The van der Waals surface area contributed by atoms with E-state index in [2.05, 4.69) is 0 Å². The van der Waals surface area contributed by atoms with E-state index in [1.165, 1.54) is 7.11 Å². The van der Waals surface area contributed by atoms with Crippen LogP contribution in [0.1, 0.15) is 39.7 Å². The number of carbonyl (C=O) groups excluding carboxylic acids is 1. The third kappa shape index (κ3) is 4.21. The topological polar surface area (TPSA) is 55.8 Å². The highest BCUT2D eigenvalue weighted by molar-refractivity contribution is 5.74. The highest BCUT2D eigenvalue weighted by atomic mass is 16.5. The van der Waals surface area contributed by atoms with Gasteiger partial charge < -0.3 is 14.6 Å². The molecule has 0 fully saturated rings. The van der Waals surface area contributed by atoms with Gasteiger partial charge in [-0.25, -0.2) is 0 Å². The Morgan fingerprint density at radius 1 is 1.29 bits per heavy atom. The van der Waals surface area contributed by atoms with E-state index in [1.54, 1.807) is 19.1 Å². The lowest BCUT2D eigenvalue weighted by Crippen LogP contribution is -2.41. The van der Waals surface area contributed by atoms with E-state index in [0.717, 1.165) is 12.2 Å². The van der Waals surface area contributed by atoms with Crippen LogP contribution >= 0.6 is 0 Å². The zero-order chi connectivity index (χ0) is 16.0. The summed E-state index contributed by atoms with van der Waals surface area (Å²) in [7, 11) is 1.34. The van der Waals surface area contributed by atoms with Crippen LogP contribution in [0, 0.1) is 11.8 Å². The second-order valence-corrected chi connectivity index (χ2v) is 5.77. The van der Waals surface area contributed by atoms with Crippen molar-refractivity contribution in [3.8, 4) is 5.75 Å². The first-order chi connectivity index (χ1) is 9.84. The Morgan fingerprint density at radius 3 is 2.29 bits per heavy atom. The van der Waals surface area contributed by atoms with Gasteiger partial charge in [-0.05, 0) is 37.0 Å². The molecule has 0 heterocycles. The molecule has 0 amide bonds. The number of hydrogen-bond acceptors (Lipinski definition) is 4. The van der Waals surface area contributed by atoms with Crippen LogP contribution in [-0.2, 0) is 15.1 Å². The lowest BCUT2D eigenvalue weighted by Gasteiger charge is -2.34. The SMILES string of the molecule is CCCOc1ccc(C(C)(O)C(C(=O)OC)C(C)C)cc1. The van der Waals surface area contributed by atoms with Gasteiger partial charge in [0.15, 0.2) is 0 Å². The second-order valence-electron chi connectivity index (χ2n) is 5.77. The van der Waals surface area contributed by atoms with Crippen LogP contribution in [0.2, 0.25) is 0 Å². The summed E-state index contributed by atoms with van der Waals surface area (Å²) in [6, 6.07) is 7.22. The molecule has 0 saturated heterocycles. The van der Waals surface area contributed by atoms with Gasteiger partial charge in [0.25, 0.3) is 0 Å². The number of benzene rings is 1. The number of esters is 1. The molecule has 0 spiro atoms. The summed E-state index contributed by atoms with van der Waals surface area (Å²) >= 11 is 0. The van der Waals surface area contributed by atoms with Crippen LogP contribution in [0.4, 0.5) is 0 Å². The van der Waals surface area contributed by atoms with Crippen molar-refractivity contribution >= 4 is 5.97 Å². The largest absolute Gasteiger partial charge is 0.494 e. The van der Waals surface area contributed by atoms with E-state index >= 15 is 0 Å². The molecule has 0 bridgehead atoms. The lowest BCUT2D eigenvalue weighted by atomic mass is 9.76. The molecule has 0 saturated carbocycles. The van der Waals surface area contributed by atoms with Gasteiger partial charge >= 0.3 is 5.97 Å². The summed E-state index contributed by atoms with van der Waals surface area (Å²) in [6.45, 7) is 8.15. The quantitative estimate of drug-likeness (QED) is 0.785. The van der Waals surface area contributed by atoms with Crippen LogP contribution in [0.25, 0.3) is 0 Å². The fourth-order valence-electron chi connectivity index (χ4n) is 2.57. The molecule has 1 aromatic carbocycles. The van der Waals surface area contributed by atoms with Crippen LogP contribution in [0.5, 0.6) is 5.75 Å². The van der Waals surface area contributed by atoms with Crippen molar-refractivity contribution in [1.82, 2.24) is 0 Å². The van der Waals surface area contributed by atoms with Crippen molar-refractivity contribution in [2.45, 2.75) is 39.7 Å². The molecule has 1 aromatic rings. The fraction of sp³-hybridized carbons (Fsp3) is 0.588. The maximum absolute atomic E-state index is 12.0. The average molecular weight is 294 g/mol. The van der Waals surface area contributed by atoms with Gasteiger partial charge in [0, 0.05) is 0 Å². The monoisotopic (exact) mass is 294 g/mol. The number of rotatable bonds is 7. The minimum atomic E-state index is -1.29. The standard InChI is InChI=1S/C17H26O4/c1-6-11-21-14-9-7-13(8-10-14)17(4,19)15(12(2)3)16(18)20-5/h7-10,12,15,19H,6,11H2,1-5H3. The number of hydrogen-bond donors (Lipinski definition) is 1. The summed E-state index contributed by atoms with van der Waals surface area (Å²) in [5.41, 5.74) is -0.611. The molecular weight excluding hydrogens is 268 g/mol. The highest BCUT2D eigenvalue weighted by Crippen LogP contribution is 2.35. The maximum atomic E-state index is 12.0. The van der Waals surface area contributed by atoms with Crippen LogP contribution < -0.4 is 4.74 Å². The first-order valence-electron chi connectivity index (χ1n) is 7.38. The Kier molecular flexibility index (Phi) is 6.21. The van der Waals surface area contributed by atoms with E-state index in [9.17, 15) is 9.90 Å². The lowest BCUT2D eigenvalue weighted by molar-refractivity contribution is -0.159. The number of ether oxygens (including phenoxy) is 2. The molecular formula is C17H26O4. The summed E-state index contributed by atoms with van der Waals surface area (Å²) < 4.78 is 10.4. The number of aliphatic hydroxyl groups is 1. The number of carbonyl (C=O) groups is 1. The van der Waals surface area contributed by atoms with Gasteiger partial charge in [-0.1, -0.05) is 32.9 Å². The van der Waals surface area contributed by atoms with Crippen LogP contribution in [0.15, 0.2) is 24.3 Å². The second kappa shape index (κ2) is 7.46. The maximum Gasteiger partial charge on any atom is 0.312 e. The molecule has 118 valence electrons. The van der Waals surface area contributed by atoms with Gasteiger partial charge in [0.05, 0.1) is 19.6 Å². The molecule has 2 atom stereocenters. The van der Waals surface area contributed by atoms with E-state index in [0.29, 0.717) is 12.2 Å². The predicted molar refractivity (Wildman–Crippen MR) is 82.1 cm³/mol. The molecule has 0 aromatic heterocycles. The number of methoxy groups -OCH3 is 1. The predicted octanol–water partition coefficient (Wildman–Crippen LogP) is 3.13. The third-order valence-electron chi connectivity index (χ3n) is 3.64. The van der Waals surface area contributed by atoms with Gasteiger partial charge in [-0.2, -0.15) is 0 Å². The Morgan fingerprint density at radius 2 is 1.86 bits per heavy atom. The minimum absolute atomic E-state index is 0.0385. The molecule has 21 heavy (non-hydrogen) atoms. The first kappa shape index (κ1) is 17.5. The molecule has 1 rings (SSSR count). The van der Waals surface area contributed by atoms with Crippen molar-refractivity contribution in [1.29, 1.82) is 0 Å². The van der Waals surface area contributed by atoms with E-state index in [4.69, 9.17) is 9.47 Å². The molecule has 1 N–H and O–H groups in total. The van der Waals surface area contributed by atoms with Gasteiger partial charge in [0.1, 0.15) is 11.4 Å². The van der Waals surface area contributed by atoms with Gasteiger partial charge in [-0.3, -0.25) is 4.79 Å². The van der Waals surface area contributed by atoms with Crippen molar-refractivity contribution < 1.29 is 19.4 Å². The molecule has 0 aliphatic carbocycles. The molecule has 0 aliphatic rings. The molecule has 0 radical (unpaired) electrons. The average Bonchev–Trinajstić information content (AvgIpc) is 2.44. The normalized spacial score (nSPS) is 15.4. The highest BCUT2D eigenvalue weighted by Gasteiger charge is 2.41. The summed E-state index contributed by atoms with van der Waals surface area (Å²) in [6.07, 6.45) is 0.942. The van der Waals surface area contributed by atoms with Crippen molar-refractivity contribution in [3.05, 3.63) is 29.8 Å². The van der Waals surface area contributed by atoms with Crippen LogP contribution in [0.3, 0.4) is 0 Å². The van der Waals surface area contributed by atoms with E-state index in [1.807, 2.05) is 32.9 Å². The van der Waals surface area contributed by atoms with E-state index < -0.39 is 17.5 Å². The first-order valence-corrected chi connectivity index (χ1v) is 7.38. The Hall–Kier alpha value is -1.55. The fourth-order valence-corrected chi connectivity index (χ4v) is 2.57. The molecule has 4 heteroatoms. The zero-order valence-corrected chi connectivity index (χ0v) is 13.6. The zero-order valence-electron chi connectivity index (χ0n) is 13.6. The molecule has 4 nitrogen and oxygen atoms in total. The third-order valence-corrected chi connectivity index (χ3v) is 3.64. The van der Waals surface area contributed by atoms with Gasteiger partial charge in [-0.15, -0.1) is 0 Å². The smallest absolute Gasteiger partial charge is 0.312 e. The van der Waals surface area contributed by atoms with Crippen molar-refractivity contribution in [2.75, 3.05) is 13.7 Å². The van der Waals surface area contributed by atoms with Crippen molar-refractivity contribution in [2.24, 2.45) is 11.8 Å². The summed E-state index contributed by atoms with van der Waals surface area (Å²) in [5.74, 6) is -0.301. The molecule has 0 aliphatic heterocycles. The molecule has 2 unspecified atom stereocenters. The van der Waals surface area contributed by atoms with E-state index in [-0.39, 0.29) is 5.92 Å². The Balaban J connectivity index is 3.01. The Bertz CT molecular complexity index is 448. The minimum Gasteiger partial charge on any atom is -0.494 e. The van der Waals surface area contributed by atoms with Crippen LogP contribution in [-0.4, -0.2) is 24.8 Å². The summed E-state index contributed by atoms with van der Waals surface area (Å²) in [5, 5.41) is 10.8. The van der Waals surface area contributed by atoms with Gasteiger partial charge in [0.2, 0.25) is 0 Å². The Labute approximate surface area is 127 Å². The van der Waals surface area contributed by atoms with Crippen molar-refractivity contribution in [3.63, 3.8) is 0 Å².